The zero-order valence-electron chi connectivity index (χ0n) is 6.05. The summed E-state index contributed by atoms with van der Waals surface area (Å²) in [6, 6.07) is 3.30. The number of H-pyrrole nitrogens is 1. The number of rotatable bonds is 0. The first-order chi connectivity index (χ1) is 5.27. The monoisotopic (exact) mass is 149 g/mol. The first kappa shape index (κ1) is 6.22. The first-order valence-electron chi connectivity index (χ1n) is 3.34. The average Bonchev–Trinajstić information content (AvgIpc) is 2.34. The minimum Gasteiger partial charge on any atom is -0.463 e. The second kappa shape index (κ2) is 1.99. The van der Waals surface area contributed by atoms with Crippen LogP contribution in [0.15, 0.2) is 27.6 Å². The maximum atomic E-state index is 10.9. The molecule has 0 saturated carbocycles. The molecule has 3 heteroatoms. The highest BCUT2D eigenvalue weighted by Gasteiger charge is 2.00. The van der Waals surface area contributed by atoms with Crippen molar-refractivity contribution in [2.45, 2.75) is 6.92 Å². The molecule has 2 aromatic heterocycles. The van der Waals surface area contributed by atoms with Crippen molar-refractivity contribution in [3.63, 3.8) is 0 Å². The Morgan fingerprint density at radius 3 is 3.18 bits per heavy atom. The molecule has 0 aliphatic rings. The third-order valence-electron chi connectivity index (χ3n) is 1.63. The van der Waals surface area contributed by atoms with E-state index in [-0.39, 0.29) is 5.56 Å². The summed E-state index contributed by atoms with van der Waals surface area (Å²) in [5.41, 5.74) is 1.44. The van der Waals surface area contributed by atoms with Crippen molar-refractivity contribution in [3.8, 4) is 0 Å². The van der Waals surface area contributed by atoms with E-state index in [4.69, 9.17) is 4.42 Å². The van der Waals surface area contributed by atoms with Gasteiger partial charge in [0.2, 0.25) is 5.56 Å². The summed E-state index contributed by atoms with van der Waals surface area (Å²) in [4.78, 5) is 13.6. The van der Waals surface area contributed by atoms with E-state index in [1.54, 1.807) is 12.3 Å². The Hall–Kier alpha value is -1.51. The molecule has 1 N–H and O–H groups in total. The van der Waals surface area contributed by atoms with Crippen molar-refractivity contribution in [2.75, 3.05) is 0 Å². The first-order valence-corrected chi connectivity index (χ1v) is 3.34. The van der Waals surface area contributed by atoms with Gasteiger partial charge in [-0.2, -0.15) is 0 Å². The Morgan fingerprint density at radius 2 is 2.36 bits per heavy atom. The quantitative estimate of drug-likeness (QED) is 0.615. The number of aryl methyl sites for hydroxylation is 1. The summed E-state index contributed by atoms with van der Waals surface area (Å²) in [7, 11) is 0. The van der Waals surface area contributed by atoms with Crippen molar-refractivity contribution in [1.29, 1.82) is 0 Å². The van der Waals surface area contributed by atoms with E-state index >= 15 is 0 Å². The SMILES string of the molecule is Cc1[nH]c(=O)cc2ccoc12. The van der Waals surface area contributed by atoms with Crippen LogP contribution in [0.5, 0.6) is 0 Å². The van der Waals surface area contributed by atoms with E-state index in [0.717, 1.165) is 16.7 Å². The van der Waals surface area contributed by atoms with Crippen molar-refractivity contribution in [1.82, 2.24) is 4.98 Å². The predicted octanol–water partition coefficient (Wildman–Crippen LogP) is 1.43. The van der Waals surface area contributed by atoms with Crippen LogP contribution in [0.3, 0.4) is 0 Å². The maximum Gasteiger partial charge on any atom is 0.248 e. The smallest absolute Gasteiger partial charge is 0.248 e. The Bertz CT molecular complexity index is 439. The molecule has 0 aliphatic heterocycles. The summed E-state index contributed by atoms with van der Waals surface area (Å²) >= 11 is 0. The van der Waals surface area contributed by atoms with Crippen molar-refractivity contribution < 1.29 is 4.42 Å². The summed E-state index contributed by atoms with van der Waals surface area (Å²) in [5, 5.41) is 0.853. The van der Waals surface area contributed by atoms with Gasteiger partial charge >= 0.3 is 0 Å². The zero-order chi connectivity index (χ0) is 7.84. The van der Waals surface area contributed by atoms with Gasteiger partial charge in [0.1, 0.15) is 0 Å². The summed E-state index contributed by atoms with van der Waals surface area (Å²) < 4.78 is 5.13. The fourth-order valence-electron chi connectivity index (χ4n) is 1.16. The number of aromatic amines is 1. The molecule has 0 atom stereocenters. The maximum absolute atomic E-state index is 10.9. The van der Waals surface area contributed by atoms with Crippen molar-refractivity contribution in [2.24, 2.45) is 0 Å². The van der Waals surface area contributed by atoms with Gasteiger partial charge in [0, 0.05) is 11.5 Å². The number of fused-ring (bicyclic) bond motifs is 1. The molecule has 0 aromatic carbocycles. The van der Waals surface area contributed by atoms with Gasteiger partial charge in [0.05, 0.1) is 12.0 Å². The van der Waals surface area contributed by atoms with E-state index in [0.29, 0.717) is 0 Å². The number of hydrogen-bond donors (Lipinski definition) is 1. The topological polar surface area (TPSA) is 46.0 Å². The van der Waals surface area contributed by atoms with E-state index in [9.17, 15) is 4.79 Å². The molecule has 0 spiro atoms. The highest BCUT2D eigenvalue weighted by molar-refractivity contribution is 5.78. The number of aromatic nitrogens is 1. The molecule has 0 amide bonds. The molecule has 11 heavy (non-hydrogen) atoms. The molecule has 0 fully saturated rings. The Labute approximate surface area is 62.7 Å². The summed E-state index contributed by atoms with van der Waals surface area (Å²) in [6.45, 7) is 1.81. The number of pyridine rings is 1. The molecule has 2 aromatic rings. The van der Waals surface area contributed by atoms with Crippen LogP contribution in [0.25, 0.3) is 11.0 Å². The minimum absolute atomic E-state index is 0.0867. The summed E-state index contributed by atoms with van der Waals surface area (Å²) in [6.07, 6.45) is 1.57. The normalized spacial score (nSPS) is 10.6. The van der Waals surface area contributed by atoms with Crippen LogP contribution < -0.4 is 5.56 Å². The molecule has 56 valence electrons. The predicted molar refractivity (Wildman–Crippen MR) is 41.6 cm³/mol. The van der Waals surface area contributed by atoms with E-state index < -0.39 is 0 Å². The molecule has 3 nitrogen and oxygen atoms in total. The van der Waals surface area contributed by atoms with E-state index in [1.807, 2.05) is 6.92 Å². The van der Waals surface area contributed by atoms with Gasteiger partial charge in [0.25, 0.3) is 0 Å². The van der Waals surface area contributed by atoms with Gasteiger partial charge in [-0.25, -0.2) is 0 Å². The Kier molecular flexibility index (Phi) is 1.12. The lowest BCUT2D eigenvalue weighted by Gasteiger charge is -1.91. The zero-order valence-corrected chi connectivity index (χ0v) is 6.05. The molecule has 2 rings (SSSR count). The largest absolute Gasteiger partial charge is 0.463 e. The highest BCUT2D eigenvalue weighted by Crippen LogP contribution is 2.14. The van der Waals surface area contributed by atoms with Crippen molar-refractivity contribution in [3.05, 3.63) is 34.4 Å². The van der Waals surface area contributed by atoms with E-state index in [2.05, 4.69) is 4.98 Å². The lowest BCUT2D eigenvalue weighted by Crippen LogP contribution is -2.04. The van der Waals surface area contributed by atoms with Crippen LogP contribution in [0.4, 0.5) is 0 Å². The van der Waals surface area contributed by atoms with Gasteiger partial charge in [-0.1, -0.05) is 0 Å². The Balaban J connectivity index is 3.02. The van der Waals surface area contributed by atoms with Gasteiger partial charge in [-0.15, -0.1) is 0 Å². The lowest BCUT2D eigenvalue weighted by molar-refractivity contribution is 0.610. The third kappa shape index (κ3) is 0.852. The molecular formula is C8H7NO2. The second-order valence-electron chi connectivity index (χ2n) is 2.46. The van der Waals surface area contributed by atoms with Gasteiger partial charge < -0.3 is 9.40 Å². The summed E-state index contributed by atoms with van der Waals surface area (Å²) in [5.74, 6) is 0. The van der Waals surface area contributed by atoms with Gasteiger partial charge in [-0.05, 0) is 13.0 Å². The van der Waals surface area contributed by atoms with Crippen LogP contribution >= 0.6 is 0 Å². The van der Waals surface area contributed by atoms with Crippen LogP contribution in [0.1, 0.15) is 5.69 Å². The third-order valence-corrected chi connectivity index (χ3v) is 1.63. The molecule has 0 radical (unpaired) electrons. The Morgan fingerprint density at radius 1 is 1.55 bits per heavy atom. The fraction of sp³-hybridized carbons (Fsp3) is 0.125. The minimum atomic E-state index is -0.0867. The molecule has 0 saturated heterocycles. The highest BCUT2D eigenvalue weighted by atomic mass is 16.3. The standard InChI is InChI=1S/C8H7NO2/c1-5-8-6(2-3-11-8)4-7(10)9-5/h2-4H,1H3,(H,9,10). The lowest BCUT2D eigenvalue weighted by atomic mass is 10.3. The molecule has 0 unspecified atom stereocenters. The molecule has 2 heterocycles. The number of furan rings is 1. The molecular weight excluding hydrogens is 142 g/mol. The van der Waals surface area contributed by atoms with Crippen molar-refractivity contribution >= 4 is 11.0 Å². The average molecular weight is 149 g/mol. The molecule has 0 aliphatic carbocycles. The van der Waals surface area contributed by atoms with E-state index in [1.165, 1.54) is 6.07 Å². The second-order valence-corrected chi connectivity index (χ2v) is 2.46. The van der Waals surface area contributed by atoms with Crippen LogP contribution in [0.2, 0.25) is 0 Å². The van der Waals surface area contributed by atoms with Crippen LogP contribution in [-0.2, 0) is 0 Å². The van der Waals surface area contributed by atoms with Gasteiger partial charge in [-0.3, -0.25) is 4.79 Å². The molecule has 0 bridgehead atoms. The van der Waals surface area contributed by atoms with Crippen LogP contribution in [-0.4, -0.2) is 4.98 Å². The number of nitrogens with one attached hydrogen (secondary N) is 1. The number of hydrogen-bond acceptors (Lipinski definition) is 2. The van der Waals surface area contributed by atoms with Crippen LogP contribution in [0, 0.1) is 6.92 Å². The van der Waals surface area contributed by atoms with Gasteiger partial charge in [0.15, 0.2) is 5.58 Å². The fourth-order valence-corrected chi connectivity index (χ4v) is 1.16.